The van der Waals surface area contributed by atoms with Gasteiger partial charge in [-0.05, 0) is 45.2 Å². The van der Waals surface area contributed by atoms with Gasteiger partial charge in [0.05, 0.1) is 6.54 Å². The molecule has 0 aliphatic heterocycles. The molecule has 1 aliphatic rings. The lowest BCUT2D eigenvalue weighted by molar-refractivity contribution is -0.121. The lowest BCUT2D eigenvalue weighted by Gasteiger charge is -2.12. The number of ether oxygens (including phenoxy) is 1. The van der Waals surface area contributed by atoms with Crippen molar-refractivity contribution in [1.29, 1.82) is 0 Å². The Kier molecular flexibility index (Phi) is 11.1. The fourth-order valence-corrected chi connectivity index (χ4v) is 2.27. The average Bonchev–Trinajstić information content (AvgIpc) is 3.41. The Bertz CT molecular complexity index is 559. The predicted octanol–water partition coefficient (Wildman–Crippen LogP) is 2.61. The molecule has 1 aromatic rings. The topological polar surface area (TPSA) is 74.8 Å². The van der Waals surface area contributed by atoms with E-state index in [2.05, 4.69) is 27.9 Å². The summed E-state index contributed by atoms with van der Waals surface area (Å²) >= 11 is 0. The van der Waals surface area contributed by atoms with Crippen molar-refractivity contribution in [2.75, 3.05) is 26.2 Å². The van der Waals surface area contributed by atoms with Crippen LogP contribution in [0, 0.1) is 6.92 Å². The maximum absolute atomic E-state index is 11.6. The first-order valence-corrected chi connectivity index (χ1v) is 9.18. The molecule has 0 saturated heterocycles. The standard InChI is InChI=1S/C19H30N4O2.HI/c1-3-20-19(21-12-4-5-18(24)23-16-8-9-16)22-13-14-25-17-10-6-15(2)7-11-17;/h6-7,10-11,16H,3-5,8-9,12-14H2,1-2H3,(H,23,24)(H2,20,21,22);1H. The summed E-state index contributed by atoms with van der Waals surface area (Å²) in [5.41, 5.74) is 1.22. The Hall–Kier alpha value is -1.51. The van der Waals surface area contributed by atoms with E-state index >= 15 is 0 Å². The van der Waals surface area contributed by atoms with Gasteiger partial charge in [-0.3, -0.25) is 9.79 Å². The van der Waals surface area contributed by atoms with Gasteiger partial charge in [0.15, 0.2) is 5.96 Å². The monoisotopic (exact) mass is 474 g/mol. The van der Waals surface area contributed by atoms with Crippen LogP contribution in [-0.2, 0) is 4.79 Å². The van der Waals surface area contributed by atoms with Crippen LogP contribution in [0.2, 0.25) is 0 Å². The molecular formula is C19H31IN4O2. The van der Waals surface area contributed by atoms with Gasteiger partial charge in [0.2, 0.25) is 5.91 Å². The van der Waals surface area contributed by atoms with Gasteiger partial charge in [-0.15, -0.1) is 24.0 Å². The molecule has 1 aromatic carbocycles. The van der Waals surface area contributed by atoms with Crippen molar-refractivity contribution in [2.24, 2.45) is 4.99 Å². The molecule has 0 bridgehead atoms. The molecule has 1 fully saturated rings. The second kappa shape index (κ2) is 12.8. The molecule has 0 heterocycles. The van der Waals surface area contributed by atoms with Crippen molar-refractivity contribution in [3.63, 3.8) is 0 Å². The third kappa shape index (κ3) is 9.84. The number of carbonyl (C=O) groups excluding carboxylic acids is 1. The first-order chi connectivity index (χ1) is 12.2. The normalized spacial score (nSPS) is 13.5. The van der Waals surface area contributed by atoms with Crippen molar-refractivity contribution in [3.05, 3.63) is 29.8 Å². The molecule has 0 radical (unpaired) electrons. The molecule has 6 nitrogen and oxygen atoms in total. The zero-order valence-corrected chi connectivity index (χ0v) is 18.0. The second-order valence-electron chi connectivity index (χ2n) is 6.29. The number of nitrogens with zero attached hydrogens (tertiary/aromatic N) is 1. The highest BCUT2D eigenvalue weighted by atomic mass is 127. The molecule has 1 amide bonds. The number of hydrogen-bond donors (Lipinski definition) is 3. The van der Waals surface area contributed by atoms with Crippen molar-refractivity contribution < 1.29 is 9.53 Å². The van der Waals surface area contributed by atoms with Gasteiger partial charge in [-0.1, -0.05) is 17.7 Å². The first-order valence-electron chi connectivity index (χ1n) is 9.18. The number of rotatable bonds is 10. The summed E-state index contributed by atoms with van der Waals surface area (Å²) in [5, 5.41) is 9.44. The molecule has 146 valence electrons. The van der Waals surface area contributed by atoms with E-state index in [4.69, 9.17) is 4.74 Å². The number of guanidine groups is 1. The molecule has 3 N–H and O–H groups in total. The zero-order valence-electron chi connectivity index (χ0n) is 15.7. The molecule has 0 aromatic heterocycles. The average molecular weight is 474 g/mol. The Morgan fingerprint density at radius 3 is 2.62 bits per heavy atom. The molecule has 26 heavy (non-hydrogen) atoms. The third-order valence-corrected chi connectivity index (χ3v) is 3.80. The maximum Gasteiger partial charge on any atom is 0.220 e. The smallest absolute Gasteiger partial charge is 0.220 e. The van der Waals surface area contributed by atoms with Crippen molar-refractivity contribution in [3.8, 4) is 5.75 Å². The van der Waals surface area contributed by atoms with Gasteiger partial charge in [0, 0.05) is 25.6 Å². The Morgan fingerprint density at radius 2 is 1.96 bits per heavy atom. The fraction of sp³-hybridized carbons (Fsp3) is 0.579. The molecule has 0 unspecified atom stereocenters. The number of hydrogen-bond acceptors (Lipinski definition) is 3. The summed E-state index contributed by atoms with van der Waals surface area (Å²) in [6.07, 6.45) is 3.55. The molecule has 1 aliphatic carbocycles. The number of halogens is 1. The summed E-state index contributed by atoms with van der Waals surface area (Å²) in [5.74, 6) is 1.77. The summed E-state index contributed by atoms with van der Waals surface area (Å²) in [4.78, 5) is 16.1. The van der Waals surface area contributed by atoms with E-state index in [1.54, 1.807) is 0 Å². The highest BCUT2D eigenvalue weighted by Gasteiger charge is 2.22. The SMILES string of the molecule is CCNC(=NCCCC(=O)NC1CC1)NCCOc1ccc(C)cc1.I. The number of aryl methyl sites for hydroxylation is 1. The Morgan fingerprint density at radius 1 is 1.23 bits per heavy atom. The largest absolute Gasteiger partial charge is 0.492 e. The number of benzene rings is 1. The predicted molar refractivity (Wildman–Crippen MR) is 116 cm³/mol. The van der Waals surface area contributed by atoms with E-state index in [0.29, 0.717) is 32.2 Å². The van der Waals surface area contributed by atoms with Crippen molar-refractivity contribution in [1.82, 2.24) is 16.0 Å². The van der Waals surface area contributed by atoms with Crippen LogP contribution in [0.3, 0.4) is 0 Å². The molecule has 0 spiro atoms. The molecule has 1 saturated carbocycles. The van der Waals surface area contributed by atoms with Crippen LogP contribution in [0.25, 0.3) is 0 Å². The Labute approximate surface area is 173 Å². The quantitative estimate of drug-likeness (QED) is 0.211. The van der Waals surface area contributed by atoms with Crippen LogP contribution >= 0.6 is 24.0 Å². The molecule has 7 heteroatoms. The van der Waals surface area contributed by atoms with Crippen LogP contribution in [0.4, 0.5) is 0 Å². The van der Waals surface area contributed by atoms with Crippen LogP contribution in [0.15, 0.2) is 29.3 Å². The summed E-state index contributed by atoms with van der Waals surface area (Å²) in [7, 11) is 0. The minimum Gasteiger partial charge on any atom is -0.492 e. The van der Waals surface area contributed by atoms with Crippen LogP contribution in [0.5, 0.6) is 5.75 Å². The summed E-state index contributed by atoms with van der Waals surface area (Å²) in [6, 6.07) is 8.45. The van der Waals surface area contributed by atoms with Gasteiger partial charge in [0.1, 0.15) is 12.4 Å². The summed E-state index contributed by atoms with van der Waals surface area (Å²) in [6.45, 7) is 6.75. The molecular weight excluding hydrogens is 443 g/mol. The van der Waals surface area contributed by atoms with E-state index in [0.717, 1.165) is 37.5 Å². The van der Waals surface area contributed by atoms with Gasteiger partial charge >= 0.3 is 0 Å². The first kappa shape index (κ1) is 22.5. The lowest BCUT2D eigenvalue weighted by atomic mass is 10.2. The van der Waals surface area contributed by atoms with Gasteiger partial charge < -0.3 is 20.7 Å². The van der Waals surface area contributed by atoms with E-state index in [9.17, 15) is 4.79 Å². The maximum atomic E-state index is 11.6. The Balaban J connectivity index is 0.00000338. The van der Waals surface area contributed by atoms with Crippen LogP contribution in [-0.4, -0.2) is 44.1 Å². The summed E-state index contributed by atoms with van der Waals surface area (Å²) < 4.78 is 5.69. The number of amides is 1. The number of aliphatic imine (C=N–C) groups is 1. The van der Waals surface area contributed by atoms with Gasteiger partial charge in [-0.25, -0.2) is 0 Å². The highest BCUT2D eigenvalue weighted by molar-refractivity contribution is 14.0. The van der Waals surface area contributed by atoms with E-state index in [-0.39, 0.29) is 29.9 Å². The molecule has 2 rings (SSSR count). The van der Waals surface area contributed by atoms with Crippen LogP contribution in [0.1, 0.15) is 38.2 Å². The van der Waals surface area contributed by atoms with Crippen molar-refractivity contribution in [2.45, 2.75) is 45.6 Å². The fourth-order valence-electron chi connectivity index (χ4n) is 2.27. The van der Waals surface area contributed by atoms with E-state index in [1.165, 1.54) is 5.56 Å². The number of carbonyl (C=O) groups is 1. The lowest BCUT2D eigenvalue weighted by Crippen LogP contribution is -2.39. The highest BCUT2D eigenvalue weighted by Crippen LogP contribution is 2.18. The van der Waals surface area contributed by atoms with Gasteiger partial charge in [0.25, 0.3) is 0 Å². The minimum absolute atomic E-state index is 0. The minimum atomic E-state index is 0. The van der Waals surface area contributed by atoms with Gasteiger partial charge in [-0.2, -0.15) is 0 Å². The van der Waals surface area contributed by atoms with Crippen LogP contribution < -0.4 is 20.7 Å². The van der Waals surface area contributed by atoms with E-state index in [1.807, 2.05) is 31.2 Å². The third-order valence-electron chi connectivity index (χ3n) is 3.80. The second-order valence-corrected chi connectivity index (χ2v) is 6.29. The number of nitrogens with one attached hydrogen (secondary N) is 3. The van der Waals surface area contributed by atoms with E-state index < -0.39 is 0 Å². The zero-order chi connectivity index (χ0) is 17.9. The molecule has 0 atom stereocenters. The van der Waals surface area contributed by atoms with Crippen molar-refractivity contribution >= 4 is 35.8 Å².